The number of hydrogen-bond donors (Lipinski definition) is 0. The van der Waals surface area contributed by atoms with Crippen LogP contribution in [0.2, 0.25) is 0 Å². The second kappa shape index (κ2) is 3.01. The molecule has 0 fully saturated rings. The number of ether oxygens (including phenoxy) is 1. The van der Waals surface area contributed by atoms with Gasteiger partial charge in [-0.05, 0) is 6.07 Å². The zero-order valence-electron chi connectivity index (χ0n) is 7.28. The molecule has 13 heavy (non-hydrogen) atoms. The Bertz CT molecular complexity index is 383. The van der Waals surface area contributed by atoms with Crippen LogP contribution in [0.5, 0.6) is 5.75 Å². The third-order valence-electron chi connectivity index (χ3n) is 2.04. The summed E-state index contributed by atoms with van der Waals surface area (Å²) in [5.41, 5.74) is 1.50. The van der Waals surface area contributed by atoms with E-state index in [1.54, 1.807) is 19.4 Å². The second-order valence-electron chi connectivity index (χ2n) is 2.81. The molecule has 0 unspecified atom stereocenters. The van der Waals surface area contributed by atoms with Gasteiger partial charge in [0, 0.05) is 17.3 Å². The van der Waals surface area contributed by atoms with Crippen LogP contribution in [-0.4, -0.2) is 25.7 Å². The number of carbonyl (C=O) groups is 1. The first-order chi connectivity index (χ1) is 6.33. The maximum absolute atomic E-state index is 11.4. The Balaban J connectivity index is 2.63. The van der Waals surface area contributed by atoms with E-state index < -0.39 is 0 Å². The Morgan fingerprint density at radius 1 is 1.46 bits per heavy atom. The number of rotatable bonds is 1. The lowest BCUT2D eigenvalue weighted by Gasteiger charge is -2.11. The number of fused-ring (bicyclic) bond motifs is 1. The largest absolute Gasteiger partial charge is 0.496 e. The number of Topliss-reactive ketones (excluding diaryl/α,β-unsaturated/α-hetero) is 1. The van der Waals surface area contributed by atoms with Gasteiger partial charge in [-0.1, -0.05) is 12.1 Å². The Morgan fingerprint density at radius 3 is 3.08 bits per heavy atom. The van der Waals surface area contributed by atoms with Crippen molar-refractivity contribution in [3.8, 4) is 5.75 Å². The molecule has 1 aromatic carbocycles. The lowest BCUT2D eigenvalue weighted by atomic mass is 10.0. The normalized spacial score (nSPS) is 14.1. The van der Waals surface area contributed by atoms with Crippen molar-refractivity contribution >= 4 is 12.0 Å². The van der Waals surface area contributed by atoms with Crippen LogP contribution in [0.1, 0.15) is 15.9 Å². The smallest absolute Gasteiger partial charge is 0.184 e. The van der Waals surface area contributed by atoms with Gasteiger partial charge in [-0.3, -0.25) is 9.79 Å². The number of ketones is 1. The maximum Gasteiger partial charge on any atom is 0.184 e. The van der Waals surface area contributed by atoms with Crippen LogP contribution in [0.15, 0.2) is 23.2 Å². The Morgan fingerprint density at radius 2 is 2.31 bits per heavy atom. The molecule has 1 heterocycles. The molecular formula is C10H9NO2. The molecule has 1 aromatic rings. The third kappa shape index (κ3) is 1.22. The van der Waals surface area contributed by atoms with Crippen molar-refractivity contribution < 1.29 is 9.53 Å². The van der Waals surface area contributed by atoms with E-state index in [0.717, 1.165) is 5.56 Å². The van der Waals surface area contributed by atoms with Gasteiger partial charge < -0.3 is 4.74 Å². The highest BCUT2D eigenvalue weighted by molar-refractivity contribution is 6.09. The Labute approximate surface area is 76.1 Å². The van der Waals surface area contributed by atoms with Crippen LogP contribution >= 0.6 is 0 Å². The molecule has 0 saturated carbocycles. The average Bonchev–Trinajstić information content (AvgIpc) is 2.18. The minimum atomic E-state index is 0.0522. The SMILES string of the molecule is COc1cccc2c1C=NCC2=O. The lowest BCUT2D eigenvalue weighted by Crippen LogP contribution is -2.12. The topological polar surface area (TPSA) is 38.7 Å². The van der Waals surface area contributed by atoms with Crippen LogP contribution in [-0.2, 0) is 0 Å². The van der Waals surface area contributed by atoms with Crippen LogP contribution in [0, 0.1) is 0 Å². The van der Waals surface area contributed by atoms with Gasteiger partial charge in [0.15, 0.2) is 5.78 Å². The molecule has 0 spiro atoms. The molecule has 0 aromatic heterocycles. The fourth-order valence-electron chi connectivity index (χ4n) is 1.40. The zero-order chi connectivity index (χ0) is 9.26. The predicted octanol–water partition coefficient (Wildman–Crippen LogP) is 1.31. The van der Waals surface area contributed by atoms with Gasteiger partial charge in [0.1, 0.15) is 12.3 Å². The van der Waals surface area contributed by atoms with Gasteiger partial charge in [-0.2, -0.15) is 0 Å². The van der Waals surface area contributed by atoms with Crippen LogP contribution < -0.4 is 4.74 Å². The predicted molar refractivity (Wildman–Crippen MR) is 49.8 cm³/mol. The van der Waals surface area contributed by atoms with Crippen LogP contribution in [0.25, 0.3) is 0 Å². The first-order valence-electron chi connectivity index (χ1n) is 4.03. The zero-order valence-corrected chi connectivity index (χ0v) is 7.28. The highest BCUT2D eigenvalue weighted by Crippen LogP contribution is 2.22. The second-order valence-corrected chi connectivity index (χ2v) is 2.81. The highest BCUT2D eigenvalue weighted by Gasteiger charge is 2.16. The van der Waals surface area contributed by atoms with E-state index >= 15 is 0 Å². The number of benzene rings is 1. The summed E-state index contributed by atoms with van der Waals surface area (Å²) >= 11 is 0. The van der Waals surface area contributed by atoms with Gasteiger partial charge >= 0.3 is 0 Å². The molecule has 0 N–H and O–H groups in total. The minimum absolute atomic E-state index is 0.0522. The summed E-state index contributed by atoms with van der Waals surface area (Å²) in [5, 5.41) is 0. The minimum Gasteiger partial charge on any atom is -0.496 e. The molecule has 0 aliphatic carbocycles. The summed E-state index contributed by atoms with van der Waals surface area (Å²) in [6, 6.07) is 5.43. The molecule has 1 aliphatic heterocycles. The molecule has 3 heteroatoms. The first-order valence-corrected chi connectivity index (χ1v) is 4.03. The van der Waals surface area contributed by atoms with E-state index in [-0.39, 0.29) is 12.3 Å². The first kappa shape index (κ1) is 7.98. The molecule has 0 radical (unpaired) electrons. The number of aliphatic imine (C=N–C) groups is 1. The van der Waals surface area contributed by atoms with E-state index in [0.29, 0.717) is 11.3 Å². The van der Waals surface area contributed by atoms with Gasteiger partial charge in [0.2, 0.25) is 0 Å². The van der Waals surface area contributed by atoms with Crippen LogP contribution in [0.4, 0.5) is 0 Å². The van der Waals surface area contributed by atoms with Crippen molar-refractivity contribution in [1.29, 1.82) is 0 Å². The number of nitrogens with zero attached hydrogens (tertiary/aromatic N) is 1. The molecule has 2 rings (SSSR count). The fourth-order valence-corrected chi connectivity index (χ4v) is 1.40. The van der Waals surface area contributed by atoms with Crippen molar-refractivity contribution in [2.24, 2.45) is 4.99 Å². The van der Waals surface area contributed by atoms with Crippen molar-refractivity contribution in [3.05, 3.63) is 29.3 Å². The Kier molecular flexibility index (Phi) is 1.85. The van der Waals surface area contributed by atoms with Crippen molar-refractivity contribution in [2.75, 3.05) is 13.7 Å². The van der Waals surface area contributed by atoms with Gasteiger partial charge in [0.25, 0.3) is 0 Å². The maximum atomic E-state index is 11.4. The Hall–Kier alpha value is -1.64. The molecule has 0 atom stereocenters. The van der Waals surface area contributed by atoms with Crippen molar-refractivity contribution in [1.82, 2.24) is 0 Å². The highest BCUT2D eigenvalue weighted by atomic mass is 16.5. The molecule has 0 bridgehead atoms. The lowest BCUT2D eigenvalue weighted by molar-refractivity contribution is 0.1000. The van der Waals surface area contributed by atoms with Crippen LogP contribution in [0.3, 0.4) is 0 Å². The fraction of sp³-hybridized carbons (Fsp3) is 0.200. The van der Waals surface area contributed by atoms with Crippen molar-refractivity contribution in [2.45, 2.75) is 0 Å². The van der Waals surface area contributed by atoms with E-state index in [9.17, 15) is 4.79 Å². The van der Waals surface area contributed by atoms with Gasteiger partial charge in [-0.15, -0.1) is 0 Å². The summed E-state index contributed by atoms with van der Waals surface area (Å²) < 4.78 is 5.12. The number of carbonyl (C=O) groups excluding carboxylic acids is 1. The molecule has 0 amide bonds. The molecule has 0 saturated heterocycles. The summed E-state index contributed by atoms with van der Waals surface area (Å²) in [7, 11) is 1.59. The van der Waals surface area contributed by atoms with E-state index in [2.05, 4.69) is 4.99 Å². The molecule has 66 valence electrons. The van der Waals surface area contributed by atoms with E-state index in [1.807, 2.05) is 12.1 Å². The van der Waals surface area contributed by atoms with Crippen molar-refractivity contribution in [3.63, 3.8) is 0 Å². The summed E-state index contributed by atoms with van der Waals surface area (Å²) in [5.74, 6) is 0.755. The average molecular weight is 175 g/mol. The van der Waals surface area contributed by atoms with E-state index in [4.69, 9.17) is 4.74 Å². The molecule has 3 nitrogen and oxygen atoms in total. The quantitative estimate of drug-likeness (QED) is 0.645. The van der Waals surface area contributed by atoms with E-state index in [1.165, 1.54) is 0 Å². The van der Waals surface area contributed by atoms with Gasteiger partial charge in [-0.25, -0.2) is 0 Å². The monoisotopic (exact) mass is 175 g/mol. The number of methoxy groups -OCH3 is 1. The number of hydrogen-bond acceptors (Lipinski definition) is 3. The summed E-state index contributed by atoms with van der Waals surface area (Å²) in [6.07, 6.45) is 1.69. The third-order valence-corrected chi connectivity index (χ3v) is 2.04. The molecular weight excluding hydrogens is 166 g/mol. The molecule has 1 aliphatic rings. The standard InChI is InChI=1S/C10H9NO2/c1-13-10-4-2-3-7-8(10)5-11-6-9(7)12/h2-5H,6H2,1H3. The van der Waals surface area contributed by atoms with Gasteiger partial charge in [0.05, 0.1) is 7.11 Å². The summed E-state index contributed by atoms with van der Waals surface area (Å²) in [6.45, 7) is 0.250. The summed E-state index contributed by atoms with van der Waals surface area (Å²) in [4.78, 5) is 15.3.